The number of rotatable bonds is 4. The quantitative estimate of drug-likeness (QED) is 0.209. The number of para-hydroxylation sites is 3. The van der Waals surface area contributed by atoms with E-state index in [9.17, 15) is 0 Å². The Morgan fingerprint density at radius 3 is 1.59 bits per heavy atom. The van der Waals surface area contributed by atoms with Crippen LogP contribution >= 0.6 is 0 Å². The van der Waals surface area contributed by atoms with Gasteiger partial charge in [-0.15, -0.1) is 0 Å². The molecule has 2 aromatic heterocycles. The molecule has 0 unspecified atom stereocenters. The SMILES string of the molecule is c1ccc(-c2cc(-c3cccc(-n4c5ccccc5c5ccccc54)c3)cc(-c3ccc4oc5ccccc5c4c3)c2)cc1. The van der Waals surface area contributed by atoms with Gasteiger partial charge in [0.15, 0.2) is 0 Å². The summed E-state index contributed by atoms with van der Waals surface area (Å²) < 4.78 is 8.52. The predicted molar refractivity (Wildman–Crippen MR) is 184 cm³/mol. The van der Waals surface area contributed by atoms with Gasteiger partial charge in [0.1, 0.15) is 11.2 Å². The highest BCUT2D eigenvalue weighted by atomic mass is 16.3. The fourth-order valence-electron chi connectivity index (χ4n) is 6.69. The van der Waals surface area contributed by atoms with Crippen molar-refractivity contribution < 1.29 is 4.42 Å². The van der Waals surface area contributed by atoms with Crippen molar-refractivity contribution in [2.45, 2.75) is 0 Å². The van der Waals surface area contributed by atoms with Gasteiger partial charge < -0.3 is 8.98 Å². The Morgan fingerprint density at radius 2 is 0.864 bits per heavy atom. The molecule has 0 aliphatic carbocycles. The number of nitrogens with zero attached hydrogens (tertiary/aromatic N) is 1. The third kappa shape index (κ3) is 3.96. The summed E-state index contributed by atoms with van der Waals surface area (Å²) in [5.41, 5.74) is 12.5. The molecule has 2 heteroatoms. The molecular formula is C42H27NO. The number of aromatic nitrogens is 1. The molecular weight excluding hydrogens is 534 g/mol. The molecule has 206 valence electrons. The molecule has 0 saturated heterocycles. The van der Waals surface area contributed by atoms with Crippen molar-refractivity contribution in [1.29, 1.82) is 0 Å². The van der Waals surface area contributed by atoms with E-state index in [0.717, 1.165) is 27.6 Å². The highest BCUT2D eigenvalue weighted by Gasteiger charge is 2.14. The summed E-state index contributed by atoms with van der Waals surface area (Å²) in [6.07, 6.45) is 0. The zero-order valence-electron chi connectivity index (χ0n) is 23.9. The molecule has 0 aliphatic heterocycles. The van der Waals surface area contributed by atoms with Gasteiger partial charge in [0.05, 0.1) is 11.0 Å². The molecule has 0 spiro atoms. The second kappa shape index (κ2) is 9.86. The van der Waals surface area contributed by atoms with Gasteiger partial charge in [0.25, 0.3) is 0 Å². The highest BCUT2D eigenvalue weighted by Crippen LogP contribution is 2.38. The summed E-state index contributed by atoms with van der Waals surface area (Å²) in [7, 11) is 0. The molecule has 9 rings (SSSR count). The third-order valence-electron chi connectivity index (χ3n) is 8.77. The lowest BCUT2D eigenvalue weighted by Gasteiger charge is -2.14. The normalized spacial score (nSPS) is 11.6. The number of fused-ring (bicyclic) bond motifs is 6. The number of hydrogen-bond acceptors (Lipinski definition) is 1. The lowest BCUT2D eigenvalue weighted by molar-refractivity contribution is 0.669. The van der Waals surface area contributed by atoms with E-state index in [1.165, 1.54) is 55.2 Å². The van der Waals surface area contributed by atoms with Crippen LogP contribution in [0.15, 0.2) is 168 Å². The van der Waals surface area contributed by atoms with E-state index < -0.39 is 0 Å². The van der Waals surface area contributed by atoms with Crippen LogP contribution in [0.25, 0.3) is 82.8 Å². The van der Waals surface area contributed by atoms with Crippen LogP contribution in [-0.2, 0) is 0 Å². The van der Waals surface area contributed by atoms with Crippen molar-refractivity contribution in [3.63, 3.8) is 0 Å². The zero-order chi connectivity index (χ0) is 29.0. The first-order valence-corrected chi connectivity index (χ1v) is 15.0. The zero-order valence-corrected chi connectivity index (χ0v) is 23.9. The number of hydrogen-bond donors (Lipinski definition) is 0. The topological polar surface area (TPSA) is 18.1 Å². The van der Waals surface area contributed by atoms with Crippen LogP contribution in [0.5, 0.6) is 0 Å². The second-order valence-electron chi connectivity index (χ2n) is 11.4. The molecule has 2 nitrogen and oxygen atoms in total. The minimum absolute atomic E-state index is 0.910. The predicted octanol–water partition coefficient (Wildman–Crippen LogP) is 11.7. The summed E-state index contributed by atoms with van der Waals surface area (Å²) in [5, 5.41) is 4.81. The smallest absolute Gasteiger partial charge is 0.135 e. The van der Waals surface area contributed by atoms with Crippen molar-refractivity contribution in [3.8, 4) is 39.1 Å². The fourth-order valence-corrected chi connectivity index (χ4v) is 6.69. The Hall–Kier alpha value is -5.86. The largest absolute Gasteiger partial charge is 0.456 e. The Labute approximate surface area is 255 Å². The second-order valence-corrected chi connectivity index (χ2v) is 11.4. The van der Waals surface area contributed by atoms with E-state index >= 15 is 0 Å². The van der Waals surface area contributed by atoms with Gasteiger partial charge in [-0.2, -0.15) is 0 Å². The fraction of sp³-hybridized carbons (Fsp3) is 0. The molecule has 44 heavy (non-hydrogen) atoms. The molecule has 0 saturated carbocycles. The molecule has 0 amide bonds. The molecule has 2 heterocycles. The van der Waals surface area contributed by atoms with E-state index in [2.05, 4.69) is 156 Å². The third-order valence-corrected chi connectivity index (χ3v) is 8.77. The lowest BCUT2D eigenvalue weighted by atomic mass is 9.92. The van der Waals surface area contributed by atoms with E-state index in [4.69, 9.17) is 4.42 Å². The minimum atomic E-state index is 0.910. The Balaban J connectivity index is 1.24. The molecule has 0 atom stereocenters. The van der Waals surface area contributed by atoms with E-state index in [1.54, 1.807) is 0 Å². The summed E-state index contributed by atoms with van der Waals surface area (Å²) >= 11 is 0. The first-order chi connectivity index (χ1) is 21.8. The Morgan fingerprint density at radius 1 is 0.318 bits per heavy atom. The van der Waals surface area contributed by atoms with Crippen LogP contribution in [0.1, 0.15) is 0 Å². The number of furan rings is 1. The van der Waals surface area contributed by atoms with Gasteiger partial charge in [0.2, 0.25) is 0 Å². The Bertz CT molecular complexity index is 2440. The number of benzene rings is 7. The van der Waals surface area contributed by atoms with Crippen molar-refractivity contribution in [2.24, 2.45) is 0 Å². The highest BCUT2D eigenvalue weighted by molar-refractivity contribution is 6.09. The summed E-state index contributed by atoms with van der Waals surface area (Å²) in [6.45, 7) is 0. The average Bonchev–Trinajstić information content (AvgIpc) is 3.64. The summed E-state index contributed by atoms with van der Waals surface area (Å²) in [5.74, 6) is 0. The summed E-state index contributed by atoms with van der Waals surface area (Å²) in [4.78, 5) is 0. The van der Waals surface area contributed by atoms with Gasteiger partial charge in [-0.3, -0.25) is 0 Å². The van der Waals surface area contributed by atoms with Crippen molar-refractivity contribution >= 4 is 43.7 Å². The molecule has 0 fully saturated rings. The van der Waals surface area contributed by atoms with Crippen LogP contribution in [0.3, 0.4) is 0 Å². The van der Waals surface area contributed by atoms with E-state index in [-0.39, 0.29) is 0 Å². The summed E-state index contributed by atoms with van der Waals surface area (Å²) in [6, 6.07) is 58.7. The van der Waals surface area contributed by atoms with Gasteiger partial charge in [0, 0.05) is 27.2 Å². The molecule has 0 bridgehead atoms. The Kier molecular flexibility index (Phi) is 5.54. The van der Waals surface area contributed by atoms with Gasteiger partial charge >= 0.3 is 0 Å². The molecule has 7 aromatic carbocycles. The van der Waals surface area contributed by atoms with Crippen LogP contribution < -0.4 is 0 Å². The molecule has 0 N–H and O–H groups in total. The van der Waals surface area contributed by atoms with Gasteiger partial charge in [-0.25, -0.2) is 0 Å². The van der Waals surface area contributed by atoms with Crippen molar-refractivity contribution in [1.82, 2.24) is 4.57 Å². The van der Waals surface area contributed by atoms with Crippen molar-refractivity contribution in [3.05, 3.63) is 164 Å². The standard InChI is InChI=1S/C42H27NO/c1-2-11-28(12-3-1)31-23-32(25-33(24-31)30-21-22-42-38(27-30)37-17-6-9-20-41(37)44-42)29-13-10-14-34(26-29)43-39-18-7-4-15-35(39)36-16-5-8-19-40(36)43/h1-27H. The maximum Gasteiger partial charge on any atom is 0.135 e. The first-order valence-electron chi connectivity index (χ1n) is 15.0. The van der Waals surface area contributed by atoms with Crippen LogP contribution in [-0.4, -0.2) is 4.57 Å². The first kappa shape index (κ1) is 24.7. The molecule has 0 radical (unpaired) electrons. The minimum Gasteiger partial charge on any atom is -0.456 e. The van der Waals surface area contributed by atoms with Crippen LogP contribution in [0.4, 0.5) is 0 Å². The molecule has 0 aliphatic rings. The monoisotopic (exact) mass is 561 g/mol. The average molecular weight is 562 g/mol. The maximum absolute atomic E-state index is 6.14. The lowest BCUT2D eigenvalue weighted by Crippen LogP contribution is -1.94. The van der Waals surface area contributed by atoms with E-state index in [1.807, 2.05) is 12.1 Å². The maximum atomic E-state index is 6.14. The van der Waals surface area contributed by atoms with E-state index in [0.29, 0.717) is 0 Å². The van der Waals surface area contributed by atoms with Crippen molar-refractivity contribution in [2.75, 3.05) is 0 Å². The van der Waals surface area contributed by atoms with Gasteiger partial charge in [-0.1, -0.05) is 103 Å². The molecule has 9 aromatic rings. The van der Waals surface area contributed by atoms with Crippen LogP contribution in [0.2, 0.25) is 0 Å². The van der Waals surface area contributed by atoms with Crippen LogP contribution in [0, 0.1) is 0 Å². The van der Waals surface area contributed by atoms with Gasteiger partial charge in [-0.05, 0) is 94.0 Å².